The average Bonchev–Trinajstić information content (AvgIpc) is 2.51. The molecular weight excluding hydrogens is 357 g/mol. The van der Waals surface area contributed by atoms with Crippen molar-refractivity contribution in [1.29, 1.82) is 0 Å². The van der Waals surface area contributed by atoms with Crippen molar-refractivity contribution in [3.05, 3.63) is 29.8 Å². The molecule has 1 amide bonds. The Hall–Kier alpha value is -1.47. The SMILES string of the molecule is CC1(CNC(=O)CCc2ccccc2OC(F)(F)F)CCNCC1.Cl. The van der Waals surface area contributed by atoms with E-state index in [4.69, 9.17) is 0 Å². The zero-order chi connectivity index (χ0) is 17.6. The fourth-order valence-electron chi connectivity index (χ4n) is 2.79. The smallest absolute Gasteiger partial charge is 0.406 e. The van der Waals surface area contributed by atoms with E-state index in [1.54, 1.807) is 12.1 Å². The Labute approximate surface area is 151 Å². The molecule has 1 aromatic rings. The van der Waals surface area contributed by atoms with Gasteiger partial charge in [-0.1, -0.05) is 25.1 Å². The first-order valence-corrected chi connectivity index (χ1v) is 8.09. The van der Waals surface area contributed by atoms with Gasteiger partial charge in [0.2, 0.25) is 5.91 Å². The van der Waals surface area contributed by atoms with Crippen LogP contribution in [0.2, 0.25) is 0 Å². The van der Waals surface area contributed by atoms with Gasteiger partial charge in [0.1, 0.15) is 5.75 Å². The van der Waals surface area contributed by atoms with Gasteiger partial charge in [-0.15, -0.1) is 25.6 Å². The molecule has 0 aromatic heterocycles. The molecule has 4 nitrogen and oxygen atoms in total. The summed E-state index contributed by atoms with van der Waals surface area (Å²) in [6.45, 7) is 4.61. The second-order valence-corrected chi connectivity index (χ2v) is 6.49. The summed E-state index contributed by atoms with van der Waals surface area (Å²) < 4.78 is 41.1. The van der Waals surface area contributed by atoms with Crippen molar-refractivity contribution < 1.29 is 22.7 Å². The lowest BCUT2D eigenvalue weighted by Gasteiger charge is -2.34. The molecule has 0 spiro atoms. The lowest BCUT2D eigenvalue weighted by molar-refractivity contribution is -0.274. The molecule has 1 aromatic carbocycles. The van der Waals surface area contributed by atoms with Crippen LogP contribution in [-0.2, 0) is 11.2 Å². The Morgan fingerprint density at radius 2 is 1.92 bits per heavy atom. The highest BCUT2D eigenvalue weighted by Crippen LogP contribution is 2.28. The Kier molecular flexibility index (Phi) is 8.02. The Balaban J connectivity index is 0.00000312. The number of amides is 1. The number of halogens is 4. The molecule has 1 fully saturated rings. The molecule has 142 valence electrons. The maximum atomic E-state index is 12.4. The first kappa shape index (κ1) is 21.6. The van der Waals surface area contributed by atoms with E-state index in [0.29, 0.717) is 12.1 Å². The first-order chi connectivity index (χ1) is 11.3. The van der Waals surface area contributed by atoms with Gasteiger partial charge >= 0.3 is 6.36 Å². The molecule has 25 heavy (non-hydrogen) atoms. The summed E-state index contributed by atoms with van der Waals surface area (Å²) in [5.74, 6) is -0.403. The molecule has 0 bridgehead atoms. The highest BCUT2D eigenvalue weighted by molar-refractivity contribution is 5.85. The number of aryl methyl sites for hydroxylation is 1. The van der Waals surface area contributed by atoms with Gasteiger partial charge < -0.3 is 15.4 Å². The average molecular weight is 381 g/mol. The topological polar surface area (TPSA) is 50.4 Å². The molecule has 1 aliphatic rings. The van der Waals surface area contributed by atoms with Crippen molar-refractivity contribution in [2.45, 2.75) is 39.0 Å². The second-order valence-electron chi connectivity index (χ2n) is 6.49. The maximum absolute atomic E-state index is 12.4. The van der Waals surface area contributed by atoms with Crippen LogP contribution in [0.15, 0.2) is 24.3 Å². The zero-order valence-corrected chi connectivity index (χ0v) is 14.9. The van der Waals surface area contributed by atoms with Gasteiger partial charge in [0.05, 0.1) is 0 Å². The third-order valence-electron chi connectivity index (χ3n) is 4.34. The van der Waals surface area contributed by atoms with Gasteiger partial charge in [0.25, 0.3) is 0 Å². The fourth-order valence-corrected chi connectivity index (χ4v) is 2.79. The van der Waals surface area contributed by atoms with Crippen molar-refractivity contribution in [3.8, 4) is 5.75 Å². The number of hydrogen-bond acceptors (Lipinski definition) is 3. The second kappa shape index (κ2) is 9.29. The summed E-state index contributed by atoms with van der Waals surface area (Å²) in [6, 6.07) is 5.91. The molecule has 2 rings (SSSR count). The lowest BCUT2D eigenvalue weighted by Crippen LogP contribution is -2.42. The van der Waals surface area contributed by atoms with Crippen molar-refractivity contribution in [3.63, 3.8) is 0 Å². The van der Waals surface area contributed by atoms with Crippen LogP contribution in [0.25, 0.3) is 0 Å². The van der Waals surface area contributed by atoms with Crippen molar-refractivity contribution in [1.82, 2.24) is 10.6 Å². The molecule has 0 saturated carbocycles. The summed E-state index contributed by atoms with van der Waals surface area (Å²) in [7, 11) is 0. The van der Waals surface area contributed by atoms with Gasteiger partial charge in [-0.3, -0.25) is 4.79 Å². The van der Waals surface area contributed by atoms with E-state index in [1.807, 2.05) is 0 Å². The minimum atomic E-state index is -4.73. The van der Waals surface area contributed by atoms with Crippen LogP contribution in [0.4, 0.5) is 13.2 Å². The van der Waals surface area contributed by atoms with E-state index in [1.165, 1.54) is 12.1 Å². The minimum Gasteiger partial charge on any atom is -0.406 e. The van der Waals surface area contributed by atoms with E-state index < -0.39 is 6.36 Å². The third-order valence-corrected chi connectivity index (χ3v) is 4.34. The van der Waals surface area contributed by atoms with E-state index in [-0.39, 0.29) is 42.3 Å². The normalized spacial score (nSPS) is 16.6. The van der Waals surface area contributed by atoms with Crippen LogP contribution in [0.5, 0.6) is 5.75 Å². The van der Waals surface area contributed by atoms with Crippen LogP contribution in [-0.4, -0.2) is 31.9 Å². The largest absolute Gasteiger partial charge is 0.573 e. The van der Waals surface area contributed by atoms with Crippen molar-refractivity contribution in [2.75, 3.05) is 19.6 Å². The molecule has 2 N–H and O–H groups in total. The molecular formula is C17H24ClF3N2O2. The van der Waals surface area contributed by atoms with Gasteiger partial charge in [-0.25, -0.2) is 0 Å². The number of benzene rings is 1. The van der Waals surface area contributed by atoms with E-state index in [2.05, 4.69) is 22.3 Å². The first-order valence-electron chi connectivity index (χ1n) is 8.09. The molecule has 0 radical (unpaired) electrons. The van der Waals surface area contributed by atoms with Crippen LogP contribution in [0, 0.1) is 5.41 Å². The van der Waals surface area contributed by atoms with E-state index in [0.717, 1.165) is 25.9 Å². The minimum absolute atomic E-state index is 0. The van der Waals surface area contributed by atoms with Crippen LogP contribution in [0.3, 0.4) is 0 Å². The number of hydrogen-bond donors (Lipinski definition) is 2. The molecule has 1 saturated heterocycles. The predicted octanol–water partition coefficient (Wildman–Crippen LogP) is 3.45. The zero-order valence-electron chi connectivity index (χ0n) is 14.1. The van der Waals surface area contributed by atoms with E-state index in [9.17, 15) is 18.0 Å². The number of alkyl halides is 3. The summed E-state index contributed by atoms with van der Waals surface area (Å²) >= 11 is 0. The number of carbonyl (C=O) groups excluding carboxylic acids is 1. The van der Waals surface area contributed by atoms with E-state index >= 15 is 0 Å². The van der Waals surface area contributed by atoms with Crippen LogP contribution in [0.1, 0.15) is 31.7 Å². The molecule has 1 heterocycles. The monoisotopic (exact) mass is 380 g/mol. The Morgan fingerprint density at radius 1 is 1.28 bits per heavy atom. The number of piperidine rings is 1. The van der Waals surface area contributed by atoms with Gasteiger partial charge in [0, 0.05) is 13.0 Å². The molecule has 1 aliphatic heterocycles. The maximum Gasteiger partial charge on any atom is 0.573 e. The van der Waals surface area contributed by atoms with Gasteiger partial charge in [-0.05, 0) is 49.4 Å². The molecule has 0 unspecified atom stereocenters. The van der Waals surface area contributed by atoms with Gasteiger partial charge in [-0.2, -0.15) is 0 Å². The van der Waals surface area contributed by atoms with Crippen LogP contribution >= 0.6 is 12.4 Å². The van der Waals surface area contributed by atoms with Crippen LogP contribution < -0.4 is 15.4 Å². The number of ether oxygens (including phenoxy) is 1. The highest BCUT2D eigenvalue weighted by atomic mass is 35.5. The number of rotatable bonds is 6. The third kappa shape index (κ3) is 7.52. The molecule has 8 heteroatoms. The molecule has 0 aliphatic carbocycles. The summed E-state index contributed by atoms with van der Waals surface area (Å²) in [5.41, 5.74) is 0.455. The highest BCUT2D eigenvalue weighted by Gasteiger charge is 2.32. The lowest BCUT2D eigenvalue weighted by atomic mass is 9.81. The Morgan fingerprint density at radius 3 is 2.56 bits per heavy atom. The standard InChI is InChI=1S/C17H23F3N2O2.ClH/c1-16(8-10-21-11-9-16)12-22-15(23)7-6-13-4-2-3-5-14(13)24-17(18,19)20;/h2-5,21H,6-12H2,1H3,(H,22,23);1H. The summed E-state index contributed by atoms with van der Waals surface area (Å²) in [5, 5.41) is 6.18. The summed E-state index contributed by atoms with van der Waals surface area (Å²) in [4.78, 5) is 12.0. The fraction of sp³-hybridized carbons (Fsp3) is 0.588. The number of carbonyl (C=O) groups is 1. The predicted molar refractivity (Wildman–Crippen MR) is 91.9 cm³/mol. The van der Waals surface area contributed by atoms with Gasteiger partial charge in [0.15, 0.2) is 0 Å². The molecule has 0 atom stereocenters. The number of para-hydroxylation sites is 1. The van der Waals surface area contributed by atoms with Crippen molar-refractivity contribution in [2.24, 2.45) is 5.41 Å². The van der Waals surface area contributed by atoms with Crippen molar-refractivity contribution >= 4 is 18.3 Å². The number of nitrogens with one attached hydrogen (secondary N) is 2. The quantitative estimate of drug-likeness (QED) is 0.794. The Bertz CT molecular complexity index is 561. The summed E-state index contributed by atoms with van der Waals surface area (Å²) in [6.07, 6.45) is -2.41.